The van der Waals surface area contributed by atoms with Gasteiger partial charge >= 0.3 is 6.18 Å². The van der Waals surface area contributed by atoms with Crippen molar-refractivity contribution in [2.45, 2.75) is 49.3 Å². The molecule has 0 saturated heterocycles. The summed E-state index contributed by atoms with van der Waals surface area (Å²) >= 11 is 0. The Hall–Kier alpha value is -2.92. The third kappa shape index (κ3) is 4.22. The van der Waals surface area contributed by atoms with Gasteiger partial charge in [-0.1, -0.05) is 12.1 Å². The molecule has 3 rings (SSSR count). The number of carbonyl (C=O) groups excluding carboxylic acids is 2. The van der Waals surface area contributed by atoms with Crippen molar-refractivity contribution in [1.29, 1.82) is 0 Å². The Kier molecular flexibility index (Phi) is 5.85. The van der Waals surface area contributed by atoms with E-state index in [1.165, 1.54) is 6.07 Å². The number of ether oxygens (including phenoxy) is 1. The minimum absolute atomic E-state index is 0.127. The van der Waals surface area contributed by atoms with Crippen LogP contribution in [0.15, 0.2) is 41.3 Å². The van der Waals surface area contributed by atoms with E-state index in [1.54, 1.807) is 26.0 Å². The molecule has 2 N–H and O–H groups in total. The van der Waals surface area contributed by atoms with Crippen LogP contribution in [0, 0.1) is 0 Å². The summed E-state index contributed by atoms with van der Waals surface area (Å²) in [6.45, 7) is 3.76. The smallest absolute Gasteiger partial charge is 0.426 e. The van der Waals surface area contributed by atoms with E-state index in [-0.39, 0.29) is 41.2 Å². The Morgan fingerprint density at radius 1 is 1.16 bits per heavy atom. The number of hydrogen-bond donors (Lipinski definition) is 2. The largest absolute Gasteiger partial charge is 0.491 e. The average Bonchev–Trinajstić information content (AvgIpc) is 2.74. The van der Waals surface area contributed by atoms with Crippen LogP contribution in [-0.4, -0.2) is 43.1 Å². The van der Waals surface area contributed by atoms with E-state index < -0.39 is 44.0 Å². The molecule has 7 nitrogen and oxygen atoms in total. The fourth-order valence-electron chi connectivity index (χ4n) is 3.13. The van der Waals surface area contributed by atoms with Crippen molar-refractivity contribution in [1.82, 2.24) is 0 Å². The first-order valence-corrected chi connectivity index (χ1v) is 11.1. The number of benzene rings is 2. The summed E-state index contributed by atoms with van der Waals surface area (Å²) in [5.41, 5.74) is -3.91. The summed E-state index contributed by atoms with van der Waals surface area (Å²) in [5.74, 6) is -2.75. The van der Waals surface area contributed by atoms with Crippen molar-refractivity contribution < 1.29 is 41.0 Å². The molecule has 0 aromatic heterocycles. The molecule has 172 valence electrons. The number of aliphatic hydroxyl groups is 1. The molecular formula is C21H20F3NO6S. The predicted octanol–water partition coefficient (Wildman–Crippen LogP) is 3.24. The van der Waals surface area contributed by atoms with Gasteiger partial charge in [0.15, 0.2) is 15.6 Å². The van der Waals surface area contributed by atoms with Gasteiger partial charge in [0.05, 0.1) is 16.8 Å². The quantitative estimate of drug-likeness (QED) is 0.709. The molecule has 2 aromatic carbocycles. The lowest BCUT2D eigenvalue weighted by Crippen LogP contribution is -2.52. The number of amides is 1. The molecule has 0 saturated carbocycles. The van der Waals surface area contributed by atoms with Crippen molar-refractivity contribution >= 4 is 27.2 Å². The second-order valence-electron chi connectivity index (χ2n) is 7.77. The summed E-state index contributed by atoms with van der Waals surface area (Å²) in [6, 6.07) is 7.67. The van der Waals surface area contributed by atoms with E-state index in [4.69, 9.17) is 4.74 Å². The van der Waals surface area contributed by atoms with Gasteiger partial charge in [0.1, 0.15) is 5.75 Å². The first-order chi connectivity index (χ1) is 14.6. The fraction of sp³-hybridized carbons (Fsp3) is 0.333. The normalized spacial score (nSPS) is 17.1. The van der Waals surface area contributed by atoms with Crippen LogP contribution in [0.25, 0.3) is 0 Å². The van der Waals surface area contributed by atoms with E-state index >= 15 is 0 Å². The van der Waals surface area contributed by atoms with Crippen molar-refractivity contribution in [3.05, 3.63) is 53.1 Å². The van der Waals surface area contributed by atoms with Gasteiger partial charge < -0.3 is 15.2 Å². The van der Waals surface area contributed by atoms with E-state index in [0.717, 1.165) is 18.2 Å². The number of anilines is 1. The Morgan fingerprint density at radius 2 is 1.81 bits per heavy atom. The molecular weight excluding hydrogens is 451 g/mol. The number of fused-ring (bicyclic) bond motifs is 2. The van der Waals surface area contributed by atoms with Crippen LogP contribution in [0.2, 0.25) is 0 Å². The zero-order valence-corrected chi connectivity index (χ0v) is 18.1. The molecule has 1 aliphatic heterocycles. The second kappa shape index (κ2) is 7.89. The number of halogens is 3. The van der Waals surface area contributed by atoms with E-state index in [9.17, 15) is 36.3 Å². The number of rotatable bonds is 4. The molecule has 0 fully saturated rings. The number of carbonyl (C=O) groups is 2. The van der Waals surface area contributed by atoms with Crippen LogP contribution in [-0.2, 0) is 20.4 Å². The molecule has 1 unspecified atom stereocenters. The summed E-state index contributed by atoms with van der Waals surface area (Å²) in [6.07, 6.45) is -5.53. The van der Waals surface area contributed by atoms with Crippen molar-refractivity contribution in [2.75, 3.05) is 5.32 Å². The van der Waals surface area contributed by atoms with E-state index in [0.29, 0.717) is 0 Å². The number of hydrogen-bond acceptors (Lipinski definition) is 6. The number of sulfone groups is 1. The number of ketones is 1. The topological polar surface area (TPSA) is 110 Å². The maximum Gasteiger partial charge on any atom is 0.426 e. The summed E-state index contributed by atoms with van der Waals surface area (Å²) in [7, 11) is -4.14. The van der Waals surface area contributed by atoms with Gasteiger partial charge in [0, 0.05) is 22.4 Å². The molecule has 1 atom stereocenters. The molecule has 2 aromatic rings. The lowest BCUT2D eigenvalue weighted by molar-refractivity contribution is -0.242. The van der Waals surface area contributed by atoms with Gasteiger partial charge in [-0.05, 0) is 45.0 Å². The minimum atomic E-state index is -5.25. The maximum atomic E-state index is 13.1. The Balaban J connectivity index is 2.07. The molecule has 0 aliphatic carbocycles. The molecule has 1 heterocycles. The molecule has 0 spiro atoms. The van der Waals surface area contributed by atoms with Crippen molar-refractivity contribution in [3.8, 4) is 5.75 Å². The van der Waals surface area contributed by atoms with Crippen LogP contribution in [0.4, 0.5) is 18.9 Å². The lowest BCUT2D eigenvalue weighted by Gasteiger charge is -2.25. The van der Waals surface area contributed by atoms with Crippen LogP contribution < -0.4 is 10.1 Å². The summed E-state index contributed by atoms with van der Waals surface area (Å²) < 4.78 is 70.5. The van der Waals surface area contributed by atoms with Crippen LogP contribution in [0.5, 0.6) is 5.75 Å². The molecule has 11 heteroatoms. The van der Waals surface area contributed by atoms with Crippen molar-refractivity contribution in [2.24, 2.45) is 0 Å². The Morgan fingerprint density at radius 3 is 2.41 bits per heavy atom. The van der Waals surface area contributed by atoms with Crippen LogP contribution >= 0.6 is 0 Å². The zero-order chi connectivity index (χ0) is 24.1. The van der Waals surface area contributed by atoms with Gasteiger partial charge in [-0.2, -0.15) is 13.2 Å². The first-order valence-electron chi connectivity index (χ1n) is 9.46. The third-order valence-corrected chi connectivity index (χ3v) is 6.56. The minimum Gasteiger partial charge on any atom is -0.491 e. The van der Waals surface area contributed by atoms with Gasteiger partial charge in [-0.25, -0.2) is 8.42 Å². The second-order valence-corrected chi connectivity index (χ2v) is 9.73. The number of alkyl halides is 3. The monoisotopic (exact) mass is 471 g/mol. The fourth-order valence-corrected chi connectivity index (χ4v) is 4.77. The first kappa shape index (κ1) is 23.7. The average molecular weight is 471 g/mol. The van der Waals surface area contributed by atoms with E-state index in [2.05, 4.69) is 0 Å². The van der Waals surface area contributed by atoms with Gasteiger partial charge in [0.2, 0.25) is 5.60 Å². The predicted molar refractivity (Wildman–Crippen MR) is 108 cm³/mol. The highest BCUT2D eigenvalue weighted by Gasteiger charge is 2.55. The van der Waals surface area contributed by atoms with Gasteiger partial charge in [-0.15, -0.1) is 0 Å². The van der Waals surface area contributed by atoms with Crippen LogP contribution in [0.3, 0.4) is 0 Å². The Labute approximate surface area is 182 Å². The highest BCUT2D eigenvalue weighted by Crippen LogP contribution is 2.36. The molecule has 0 bridgehead atoms. The highest BCUT2D eigenvalue weighted by atomic mass is 32.2. The third-order valence-electron chi connectivity index (χ3n) is 4.89. The van der Waals surface area contributed by atoms with Gasteiger partial charge in [-0.3, -0.25) is 9.59 Å². The molecule has 1 amide bonds. The summed E-state index contributed by atoms with van der Waals surface area (Å²) in [4.78, 5) is 24.6. The molecule has 32 heavy (non-hydrogen) atoms. The molecule has 0 radical (unpaired) electrons. The summed E-state index contributed by atoms with van der Waals surface area (Å²) in [5, 5.41) is 11.4. The highest BCUT2D eigenvalue weighted by molar-refractivity contribution is 7.90. The SMILES string of the molecule is CC(C)Oc1cccc2c1CS(=O)(=O)c1cc(NC(=O)C(C)(O)C(F)(F)F)ccc1C2=O. The maximum absolute atomic E-state index is 13.1. The van der Waals surface area contributed by atoms with Crippen molar-refractivity contribution in [3.63, 3.8) is 0 Å². The van der Waals surface area contributed by atoms with E-state index in [1.807, 2.05) is 5.32 Å². The van der Waals surface area contributed by atoms with Crippen LogP contribution in [0.1, 0.15) is 42.3 Å². The zero-order valence-electron chi connectivity index (χ0n) is 17.3. The lowest BCUT2D eigenvalue weighted by atomic mass is 9.98. The Bertz CT molecular complexity index is 1200. The standard InChI is InChI=1S/C21H20F3NO6S/c1-11(2)31-16-6-4-5-13-15(16)10-32(29,30)17-9-12(7-8-14(17)18(13)26)25-19(27)20(3,28)21(22,23)24/h4-9,11,28H,10H2,1-3H3,(H,25,27). The molecule has 1 aliphatic rings. The number of nitrogens with one attached hydrogen (secondary N) is 1. The van der Waals surface area contributed by atoms with Gasteiger partial charge in [0.25, 0.3) is 5.91 Å².